The second kappa shape index (κ2) is 15.9. The molecule has 18 atom stereocenters. The molecule has 0 aromatic carbocycles. The highest BCUT2D eigenvalue weighted by molar-refractivity contribution is 5.85. The van der Waals surface area contributed by atoms with Gasteiger partial charge in [-0.2, -0.15) is 0 Å². The normalized spacial score (nSPS) is 48.8. The predicted octanol–water partition coefficient (Wildman–Crippen LogP) is 3.91. The van der Waals surface area contributed by atoms with Crippen LogP contribution in [0.4, 0.5) is 0 Å². The van der Waals surface area contributed by atoms with Crippen molar-refractivity contribution in [3.05, 3.63) is 11.6 Å². The smallest absolute Gasteiger partial charge is 0.331 e. The van der Waals surface area contributed by atoms with E-state index in [4.69, 9.17) is 33.2 Å². The minimum atomic E-state index is -1.01. The number of ether oxygens (including phenoxy) is 7. The summed E-state index contributed by atoms with van der Waals surface area (Å²) in [6.45, 7) is 10.2. The number of aliphatic hydroxyl groups is 3. The van der Waals surface area contributed by atoms with Gasteiger partial charge in [0.05, 0.1) is 42.5 Å². The zero-order chi connectivity index (χ0) is 38.6. The van der Waals surface area contributed by atoms with Gasteiger partial charge in [0.15, 0.2) is 18.9 Å². The molecule has 2 saturated heterocycles. The molecule has 0 spiro atoms. The van der Waals surface area contributed by atoms with Gasteiger partial charge < -0.3 is 58.1 Å². The number of fused-ring (bicyclic) bond motifs is 5. The maximum absolute atomic E-state index is 12.6. The van der Waals surface area contributed by atoms with Crippen molar-refractivity contribution in [2.75, 3.05) is 6.61 Å². The number of carbonyl (C=O) groups is 3. The summed E-state index contributed by atoms with van der Waals surface area (Å²) >= 11 is 0. The highest BCUT2D eigenvalue weighted by Gasteiger charge is 2.67. The number of hydrogen-bond acceptors (Lipinski definition) is 13. The number of rotatable bonds is 12. The summed E-state index contributed by atoms with van der Waals surface area (Å²) in [5.41, 5.74) is 0.188. The van der Waals surface area contributed by atoms with Crippen LogP contribution in [0.15, 0.2) is 11.6 Å². The van der Waals surface area contributed by atoms with Crippen molar-refractivity contribution < 1.29 is 62.9 Å². The van der Waals surface area contributed by atoms with E-state index in [-0.39, 0.29) is 54.0 Å². The van der Waals surface area contributed by atoms with Gasteiger partial charge in [-0.3, -0.25) is 0 Å². The van der Waals surface area contributed by atoms with Crippen molar-refractivity contribution >= 4 is 18.5 Å². The van der Waals surface area contributed by atoms with Crippen LogP contribution >= 0.6 is 0 Å². The molecule has 7 aliphatic rings. The van der Waals surface area contributed by atoms with E-state index in [0.29, 0.717) is 31.0 Å². The lowest BCUT2D eigenvalue weighted by Gasteiger charge is -2.64. The molecule has 13 nitrogen and oxygen atoms in total. The van der Waals surface area contributed by atoms with Crippen LogP contribution in [0.3, 0.4) is 0 Å². The Bertz CT molecular complexity index is 1380. The first-order valence-electron chi connectivity index (χ1n) is 20.5. The van der Waals surface area contributed by atoms with Crippen LogP contribution in [-0.4, -0.2) is 114 Å². The van der Waals surface area contributed by atoms with Gasteiger partial charge in [-0.05, 0) is 113 Å². The van der Waals surface area contributed by atoms with Crippen molar-refractivity contribution in [3.8, 4) is 0 Å². The van der Waals surface area contributed by atoms with E-state index in [0.717, 1.165) is 63.4 Å². The largest absolute Gasteiger partial charge is 0.458 e. The maximum atomic E-state index is 12.6. The van der Waals surface area contributed by atoms with Gasteiger partial charge in [0.2, 0.25) is 0 Å². The fourth-order valence-corrected chi connectivity index (χ4v) is 12.2. The molecule has 4 aliphatic carbocycles. The molecule has 4 saturated carbocycles. The van der Waals surface area contributed by atoms with E-state index in [2.05, 4.69) is 13.8 Å². The lowest BCUT2D eigenvalue weighted by Crippen LogP contribution is -2.62. The molecule has 54 heavy (non-hydrogen) atoms. The van der Waals surface area contributed by atoms with Crippen LogP contribution in [-0.2, 0) is 47.5 Å². The van der Waals surface area contributed by atoms with Crippen molar-refractivity contribution in [3.63, 3.8) is 0 Å². The molecule has 0 amide bonds. The van der Waals surface area contributed by atoms with Gasteiger partial charge in [0, 0.05) is 24.3 Å². The number of aldehydes is 2. The summed E-state index contributed by atoms with van der Waals surface area (Å²) in [5, 5.41) is 34.8. The summed E-state index contributed by atoms with van der Waals surface area (Å²) in [4.78, 5) is 34.1. The van der Waals surface area contributed by atoms with Crippen LogP contribution in [0.5, 0.6) is 0 Å². The monoisotopic (exact) mass is 762 g/mol. The molecule has 3 aliphatic heterocycles. The van der Waals surface area contributed by atoms with E-state index >= 15 is 0 Å². The van der Waals surface area contributed by atoms with Crippen molar-refractivity contribution in [2.24, 2.45) is 34.5 Å². The average Bonchev–Trinajstić information content (AvgIpc) is 3.67. The number of aliphatic hydroxyl groups excluding tert-OH is 2. The summed E-state index contributed by atoms with van der Waals surface area (Å²) in [6.07, 6.45) is 4.02. The van der Waals surface area contributed by atoms with Gasteiger partial charge in [0.1, 0.15) is 37.5 Å². The molecule has 7 rings (SSSR count). The fraction of sp³-hybridized carbons (Fsp3) is 0.878. The van der Waals surface area contributed by atoms with Crippen LogP contribution in [0.25, 0.3) is 0 Å². The van der Waals surface area contributed by atoms with Crippen LogP contribution in [0.2, 0.25) is 0 Å². The topological polar surface area (TPSA) is 177 Å². The molecule has 3 N–H and O–H groups in total. The zero-order valence-corrected chi connectivity index (χ0v) is 32.5. The van der Waals surface area contributed by atoms with E-state index in [1.54, 1.807) is 19.9 Å². The Labute approximate surface area is 318 Å². The van der Waals surface area contributed by atoms with Crippen molar-refractivity contribution in [1.82, 2.24) is 0 Å². The van der Waals surface area contributed by atoms with Gasteiger partial charge >= 0.3 is 5.97 Å². The second-order valence-electron chi connectivity index (χ2n) is 18.0. The summed E-state index contributed by atoms with van der Waals surface area (Å²) in [6, 6.07) is 0. The highest BCUT2D eigenvalue weighted by Crippen LogP contribution is 2.70. The third-order valence-electron chi connectivity index (χ3n) is 15.0. The lowest BCUT2D eigenvalue weighted by atomic mass is 9.43. The van der Waals surface area contributed by atoms with Crippen LogP contribution in [0, 0.1) is 34.5 Å². The number of esters is 1. The number of cyclic esters (lactones) is 1. The third-order valence-corrected chi connectivity index (χ3v) is 15.0. The standard InChI is InChI=1S/C41H62O13/c1-22(20-43)49-34(11-15-42)53-37-23(2)51-36(19-32(37)45)54-38-24(3)50-35(18-31(38)44)52-27-8-12-39(4)26(17-27)6-7-30-29(39)9-13-40(5)28(10-14-41(30,40)47)25-16-33(46)48-21-25/h15-16,20,22-24,26-32,34-38,44-45,47H,6-14,17-19,21H2,1-5H3/t22?,23-,24-,26-,27+,28-,29+,30-,31+,32+,34?,35+,36+,37-,38-,39+,40-,41+/m1/s1. The van der Waals surface area contributed by atoms with Crippen molar-refractivity contribution in [1.29, 1.82) is 0 Å². The molecule has 3 heterocycles. The van der Waals surface area contributed by atoms with Crippen LogP contribution in [0.1, 0.15) is 112 Å². The van der Waals surface area contributed by atoms with E-state index in [1.807, 2.05) is 6.92 Å². The van der Waals surface area contributed by atoms with Gasteiger partial charge in [-0.1, -0.05) is 13.8 Å². The molecule has 0 bridgehead atoms. The van der Waals surface area contributed by atoms with Gasteiger partial charge in [-0.25, -0.2) is 4.79 Å². The van der Waals surface area contributed by atoms with E-state index in [1.165, 1.54) is 0 Å². The minimum Gasteiger partial charge on any atom is -0.458 e. The Kier molecular flexibility index (Phi) is 11.9. The summed E-state index contributed by atoms with van der Waals surface area (Å²) < 4.78 is 41.7. The van der Waals surface area contributed by atoms with Gasteiger partial charge in [-0.15, -0.1) is 0 Å². The molecule has 0 radical (unpaired) electrons. The Morgan fingerprint density at radius 3 is 2.24 bits per heavy atom. The quantitative estimate of drug-likeness (QED) is 0.113. The molecule has 304 valence electrons. The first-order chi connectivity index (χ1) is 25.7. The average molecular weight is 763 g/mol. The highest BCUT2D eigenvalue weighted by atomic mass is 16.7. The molecule has 2 unspecified atom stereocenters. The zero-order valence-electron chi connectivity index (χ0n) is 32.5. The molecule has 0 aromatic heterocycles. The Morgan fingerprint density at radius 2 is 1.59 bits per heavy atom. The van der Waals surface area contributed by atoms with E-state index in [9.17, 15) is 29.7 Å². The summed E-state index contributed by atoms with van der Waals surface area (Å²) in [5.74, 6) is 1.10. The van der Waals surface area contributed by atoms with Gasteiger partial charge in [0.25, 0.3) is 0 Å². The number of hydrogen-bond donors (Lipinski definition) is 3. The summed E-state index contributed by atoms with van der Waals surface area (Å²) in [7, 11) is 0. The lowest BCUT2D eigenvalue weighted by molar-refractivity contribution is -0.328. The van der Waals surface area contributed by atoms with E-state index < -0.39 is 67.2 Å². The first kappa shape index (κ1) is 40.4. The molecular weight excluding hydrogens is 700 g/mol. The maximum Gasteiger partial charge on any atom is 0.331 e. The molecular formula is C41H62O13. The Balaban J connectivity index is 0.905. The molecule has 6 fully saturated rings. The van der Waals surface area contributed by atoms with Crippen LogP contribution < -0.4 is 0 Å². The third kappa shape index (κ3) is 7.39. The second-order valence-corrected chi connectivity index (χ2v) is 18.0. The fourth-order valence-electron chi connectivity index (χ4n) is 12.2. The molecule has 0 aromatic rings. The Morgan fingerprint density at radius 1 is 0.889 bits per heavy atom. The number of carbonyl (C=O) groups excluding carboxylic acids is 3. The predicted molar refractivity (Wildman–Crippen MR) is 191 cm³/mol. The molecule has 13 heteroatoms. The minimum absolute atomic E-state index is 0.0114. The SMILES string of the molecule is CC(C=O)OC(CC=O)O[C@H]1[C@@H](O)C[C@H](O[C@H]2[C@@H](O)C[C@H](O[C@H]3CC[C@@]4(C)[C@H](CC[C@@H]5[C@@H]4CC[C@]4(C)[C@@H](C6=CC(=O)OC6)CC[C@]54O)C3)O[C@@H]2C)O[C@@H]1C. The first-order valence-corrected chi connectivity index (χ1v) is 20.5. The van der Waals surface area contributed by atoms with Crippen molar-refractivity contribution in [2.45, 2.75) is 185 Å². The Hall–Kier alpha value is -1.81.